The molecular weight excluding hydrogens is 388 g/mol. The van der Waals surface area contributed by atoms with E-state index in [-0.39, 0.29) is 35.6 Å². The van der Waals surface area contributed by atoms with Crippen LogP contribution < -0.4 is 15.8 Å². The van der Waals surface area contributed by atoms with E-state index in [4.69, 9.17) is 0 Å². The quantitative estimate of drug-likeness (QED) is 0.779. The average molecular weight is 415 g/mol. The number of anilines is 2. The second-order valence-electron chi connectivity index (χ2n) is 7.82. The molecule has 0 aliphatic carbocycles. The molecule has 2 fully saturated rings. The smallest absolute Gasteiger partial charge is 0.247 e. The Hall–Kier alpha value is -2.36. The zero-order valence-corrected chi connectivity index (χ0v) is 17.6. The number of carbonyl (C=O) groups excluding carboxylic acids is 2. The summed E-state index contributed by atoms with van der Waals surface area (Å²) in [5, 5.41) is 14.2. The van der Waals surface area contributed by atoms with Crippen LogP contribution in [-0.2, 0) is 9.59 Å². The molecule has 2 aliphatic heterocycles. The first-order chi connectivity index (χ1) is 14.0. The fourth-order valence-corrected chi connectivity index (χ4v) is 4.68. The molecule has 2 aliphatic rings. The number of nitrogens with one attached hydrogen (secondary N) is 2. The van der Waals surface area contributed by atoms with Crippen LogP contribution >= 0.6 is 11.3 Å². The van der Waals surface area contributed by atoms with Crippen molar-refractivity contribution in [3.63, 3.8) is 0 Å². The minimum Gasteiger partial charge on any atom is -0.302 e. The Labute approximate surface area is 174 Å². The lowest BCUT2D eigenvalue weighted by molar-refractivity contribution is -0.126. The fourth-order valence-electron chi connectivity index (χ4n) is 3.93. The van der Waals surface area contributed by atoms with Crippen molar-refractivity contribution in [2.75, 3.05) is 30.0 Å². The van der Waals surface area contributed by atoms with E-state index >= 15 is 0 Å². The van der Waals surface area contributed by atoms with Gasteiger partial charge < -0.3 is 10.2 Å². The van der Waals surface area contributed by atoms with Crippen LogP contribution in [0, 0.1) is 11.8 Å². The molecule has 3 unspecified atom stereocenters. The maximum Gasteiger partial charge on any atom is 0.247 e. The van der Waals surface area contributed by atoms with E-state index in [0.717, 1.165) is 17.2 Å². The maximum absolute atomic E-state index is 13.1. The van der Waals surface area contributed by atoms with Crippen molar-refractivity contribution in [3.05, 3.63) is 35.3 Å². The Kier molecular flexibility index (Phi) is 5.62. The maximum atomic E-state index is 13.1. The minimum atomic E-state index is -0.363. The molecule has 3 atom stereocenters. The van der Waals surface area contributed by atoms with Crippen molar-refractivity contribution in [1.29, 1.82) is 0 Å². The number of rotatable bonds is 5. The summed E-state index contributed by atoms with van der Waals surface area (Å²) in [6, 6.07) is 9.25. The molecule has 4 rings (SSSR count). The fraction of sp³-hybridized carbons (Fsp3) is 0.500. The highest BCUT2D eigenvalue weighted by atomic mass is 32.1. The van der Waals surface area contributed by atoms with E-state index in [0.29, 0.717) is 18.2 Å². The molecule has 0 saturated carbocycles. The van der Waals surface area contributed by atoms with Crippen LogP contribution in [0.15, 0.2) is 30.3 Å². The summed E-state index contributed by atoms with van der Waals surface area (Å²) in [5.41, 5.74) is 4.10. The molecule has 154 valence electrons. The number of carbonyl (C=O) groups is 2. The lowest BCUT2D eigenvalue weighted by Crippen LogP contribution is -2.55. The normalized spacial score (nSPS) is 24.8. The highest BCUT2D eigenvalue weighted by molar-refractivity contribution is 7.15. The second-order valence-corrected chi connectivity index (χ2v) is 8.83. The van der Waals surface area contributed by atoms with Gasteiger partial charge in [0.25, 0.3) is 0 Å². The summed E-state index contributed by atoms with van der Waals surface area (Å²) >= 11 is 1.40. The third kappa shape index (κ3) is 3.90. The number of fused-ring (bicyclic) bond motifs is 1. The molecule has 9 heteroatoms. The highest BCUT2D eigenvalue weighted by Crippen LogP contribution is 2.32. The van der Waals surface area contributed by atoms with Gasteiger partial charge in [-0.05, 0) is 18.7 Å². The van der Waals surface area contributed by atoms with Gasteiger partial charge in [-0.1, -0.05) is 50.3 Å². The van der Waals surface area contributed by atoms with Crippen molar-refractivity contribution >= 4 is 34.0 Å². The van der Waals surface area contributed by atoms with Crippen LogP contribution in [0.4, 0.5) is 10.8 Å². The van der Waals surface area contributed by atoms with Crippen LogP contribution in [0.25, 0.3) is 0 Å². The summed E-state index contributed by atoms with van der Waals surface area (Å²) in [6.45, 7) is 8.18. The number of piperidine rings is 1. The first-order valence-electron chi connectivity index (χ1n) is 9.99. The van der Waals surface area contributed by atoms with E-state index < -0.39 is 0 Å². The predicted octanol–water partition coefficient (Wildman–Crippen LogP) is 2.09. The summed E-state index contributed by atoms with van der Waals surface area (Å²) in [7, 11) is 0. The van der Waals surface area contributed by atoms with Crippen LogP contribution in [0.1, 0.15) is 31.7 Å². The lowest BCUT2D eigenvalue weighted by atomic mass is 9.84. The van der Waals surface area contributed by atoms with E-state index in [2.05, 4.69) is 32.8 Å². The van der Waals surface area contributed by atoms with E-state index in [1.54, 1.807) is 5.01 Å². The van der Waals surface area contributed by atoms with Crippen molar-refractivity contribution in [3.8, 4) is 0 Å². The van der Waals surface area contributed by atoms with Gasteiger partial charge >= 0.3 is 0 Å². The van der Waals surface area contributed by atoms with Gasteiger partial charge in [0.2, 0.25) is 16.9 Å². The number of hydrogen-bond donors (Lipinski definition) is 2. The van der Waals surface area contributed by atoms with Gasteiger partial charge in [-0.3, -0.25) is 9.59 Å². The van der Waals surface area contributed by atoms with E-state index in [1.165, 1.54) is 11.3 Å². The largest absolute Gasteiger partial charge is 0.302 e. The van der Waals surface area contributed by atoms with Crippen molar-refractivity contribution in [2.24, 2.45) is 11.8 Å². The van der Waals surface area contributed by atoms with Crippen LogP contribution in [-0.4, -0.2) is 52.6 Å². The Morgan fingerprint density at radius 3 is 2.69 bits per heavy atom. The van der Waals surface area contributed by atoms with Crippen LogP contribution in [0.3, 0.4) is 0 Å². The average Bonchev–Trinajstić information content (AvgIpc) is 3.33. The monoisotopic (exact) mass is 414 g/mol. The first kappa shape index (κ1) is 19.9. The Morgan fingerprint density at radius 1 is 1.28 bits per heavy atom. The van der Waals surface area contributed by atoms with Gasteiger partial charge in [0.05, 0.1) is 23.6 Å². The van der Waals surface area contributed by atoms with Gasteiger partial charge in [0.15, 0.2) is 0 Å². The number of hydrazine groups is 1. The molecule has 2 amide bonds. The standard InChI is InChI=1S/C20H26N6O2S/c1-4-25-10-14(17(27)21-20-23-22-18(29-20)12(2)3)16-15(11-25)19(28)26(24-16)13-8-6-5-7-9-13/h5-9,12,14-16,24H,4,10-11H2,1-3H3,(H,21,23,27). The van der Waals surface area contributed by atoms with Gasteiger partial charge in [0, 0.05) is 19.0 Å². The number of aromatic nitrogens is 2. The third-order valence-electron chi connectivity index (χ3n) is 5.56. The summed E-state index contributed by atoms with van der Waals surface area (Å²) in [4.78, 5) is 28.4. The number of amides is 2. The lowest BCUT2D eigenvalue weighted by Gasteiger charge is -2.37. The van der Waals surface area contributed by atoms with Gasteiger partial charge in [-0.2, -0.15) is 0 Å². The molecule has 8 nitrogen and oxygen atoms in total. The summed E-state index contributed by atoms with van der Waals surface area (Å²) in [5.74, 6) is -0.477. The van der Waals surface area contributed by atoms with Gasteiger partial charge in [-0.15, -0.1) is 10.2 Å². The number of nitrogens with zero attached hydrogens (tertiary/aromatic N) is 4. The molecule has 0 bridgehead atoms. The molecule has 29 heavy (non-hydrogen) atoms. The zero-order chi connectivity index (χ0) is 20.5. The first-order valence-corrected chi connectivity index (χ1v) is 10.8. The predicted molar refractivity (Wildman–Crippen MR) is 113 cm³/mol. The number of para-hydroxylation sites is 1. The summed E-state index contributed by atoms with van der Waals surface area (Å²) < 4.78 is 0. The van der Waals surface area contributed by atoms with Crippen molar-refractivity contribution < 1.29 is 9.59 Å². The molecule has 3 heterocycles. The van der Waals surface area contributed by atoms with Crippen molar-refractivity contribution in [2.45, 2.75) is 32.7 Å². The third-order valence-corrected chi connectivity index (χ3v) is 6.69. The van der Waals surface area contributed by atoms with E-state index in [9.17, 15) is 9.59 Å². The number of likely N-dealkylation sites (tertiary alicyclic amines) is 1. The van der Waals surface area contributed by atoms with Gasteiger partial charge in [-0.25, -0.2) is 10.4 Å². The SMILES string of the molecule is CCN1CC(C(=O)Nc2nnc(C(C)C)s2)C2NN(c3ccccc3)C(=O)C2C1. The minimum absolute atomic E-state index is 0.00941. The number of hydrogen-bond acceptors (Lipinski definition) is 7. The van der Waals surface area contributed by atoms with E-state index in [1.807, 2.05) is 44.2 Å². The Bertz CT molecular complexity index is 886. The summed E-state index contributed by atoms with van der Waals surface area (Å²) in [6.07, 6.45) is 0. The molecule has 2 aromatic rings. The molecule has 2 N–H and O–H groups in total. The van der Waals surface area contributed by atoms with Crippen LogP contribution in [0.2, 0.25) is 0 Å². The van der Waals surface area contributed by atoms with Crippen LogP contribution in [0.5, 0.6) is 0 Å². The molecule has 1 aromatic heterocycles. The number of benzene rings is 1. The second kappa shape index (κ2) is 8.17. The molecule has 0 radical (unpaired) electrons. The molecular formula is C20H26N6O2S. The van der Waals surface area contributed by atoms with Gasteiger partial charge in [0.1, 0.15) is 5.01 Å². The zero-order valence-electron chi connectivity index (χ0n) is 16.8. The molecule has 2 saturated heterocycles. The Morgan fingerprint density at radius 2 is 2.03 bits per heavy atom. The molecule has 1 aromatic carbocycles. The van der Waals surface area contributed by atoms with Crippen molar-refractivity contribution in [1.82, 2.24) is 20.5 Å². The highest BCUT2D eigenvalue weighted by Gasteiger charge is 2.50. The topological polar surface area (TPSA) is 90.5 Å². The molecule has 0 spiro atoms. The Balaban J connectivity index is 1.55.